The van der Waals surface area contributed by atoms with E-state index in [4.69, 9.17) is 5.73 Å². The van der Waals surface area contributed by atoms with Gasteiger partial charge in [-0.1, -0.05) is 33.1 Å². The zero-order chi connectivity index (χ0) is 12.0. The van der Waals surface area contributed by atoms with Crippen LogP contribution in [-0.4, -0.2) is 31.1 Å². The first-order valence-electron chi connectivity index (χ1n) is 7.05. The summed E-state index contributed by atoms with van der Waals surface area (Å²) in [7, 11) is 2.29. The topological polar surface area (TPSA) is 29.3 Å². The zero-order valence-corrected chi connectivity index (χ0v) is 11.4. The third kappa shape index (κ3) is 4.42. The predicted molar refractivity (Wildman–Crippen MR) is 71.5 cm³/mol. The fourth-order valence-electron chi connectivity index (χ4n) is 2.85. The molecule has 1 aliphatic carbocycles. The second-order valence-corrected chi connectivity index (χ2v) is 5.86. The van der Waals surface area contributed by atoms with E-state index in [1.807, 2.05) is 0 Å². The van der Waals surface area contributed by atoms with Crippen molar-refractivity contribution in [3.05, 3.63) is 0 Å². The summed E-state index contributed by atoms with van der Waals surface area (Å²) in [6.07, 6.45) is 8.20. The maximum absolute atomic E-state index is 5.93. The Morgan fingerprint density at radius 2 is 1.88 bits per heavy atom. The van der Waals surface area contributed by atoms with E-state index in [-0.39, 0.29) is 0 Å². The molecule has 2 atom stereocenters. The summed E-state index contributed by atoms with van der Waals surface area (Å²) in [6.45, 7) is 6.72. The van der Waals surface area contributed by atoms with E-state index >= 15 is 0 Å². The molecule has 1 saturated carbocycles. The van der Waals surface area contributed by atoms with Crippen LogP contribution in [0.5, 0.6) is 0 Å². The quantitative estimate of drug-likeness (QED) is 0.730. The Labute approximate surface area is 102 Å². The van der Waals surface area contributed by atoms with Crippen LogP contribution in [0.15, 0.2) is 0 Å². The lowest BCUT2D eigenvalue weighted by molar-refractivity contribution is 0.161. The lowest BCUT2D eigenvalue weighted by Crippen LogP contribution is -2.41. The van der Waals surface area contributed by atoms with Crippen LogP contribution in [0.4, 0.5) is 0 Å². The van der Waals surface area contributed by atoms with Crippen LogP contribution in [0.25, 0.3) is 0 Å². The van der Waals surface area contributed by atoms with Gasteiger partial charge in [-0.05, 0) is 51.2 Å². The average molecular weight is 226 g/mol. The first-order chi connectivity index (χ1) is 7.65. The summed E-state index contributed by atoms with van der Waals surface area (Å²) in [4.78, 5) is 2.57. The highest BCUT2D eigenvalue weighted by Gasteiger charge is 2.25. The monoisotopic (exact) mass is 226 g/mol. The number of rotatable bonds is 5. The highest BCUT2D eigenvalue weighted by atomic mass is 15.1. The molecule has 0 radical (unpaired) electrons. The fraction of sp³-hybridized carbons (Fsp3) is 1.00. The Kier molecular flexibility index (Phi) is 6.37. The zero-order valence-electron chi connectivity index (χ0n) is 11.4. The molecular weight excluding hydrogens is 196 g/mol. The third-order valence-electron chi connectivity index (χ3n) is 4.05. The molecule has 2 nitrogen and oxygen atoms in total. The van der Waals surface area contributed by atoms with Gasteiger partial charge in [0.15, 0.2) is 0 Å². The summed E-state index contributed by atoms with van der Waals surface area (Å²) in [5.41, 5.74) is 5.93. The summed E-state index contributed by atoms with van der Waals surface area (Å²) in [5.74, 6) is 1.55. The van der Waals surface area contributed by atoms with E-state index in [1.165, 1.54) is 45.1 Å². The molecule has 16 heavy (non-hydrogen) atoms. The molecule has 0 spiro atoms. The van der Waals surface area contributed by atoms with Gasteiger partial charge in [0, 0.05) is 6.04 Å². The van der Waals surface area contributed by atoms with Crippen LogP contribution in [-0.2, 0) is 0 Å². The molecular formula is C14H30N2. The Morgan fingerprint density at radius 3 is 2.50 bits per heavy atom. The lowest BCUT2D eigenvalue weighted by atomic mass is 9.93. The SMILES string of the molecule is CC(C)CCN(C)C1CCCCCC1CN. The molecule has 0 amide bonds. The highest BCUT2D eigenvalue weighted by molar-refractivity contribution is 4.81. The molecule has 0 aromatic rings. The highest BCUT2D eigenvalue weighted by Crippen LogP contribution is 2.26. The summed E-state index contributed by atoms with van der Waals surface area (Å²) >= 11 is 0. The standard InChI is InChI=1S/C14H30N2/c1-12(2)9-10-16(3)14-8-6-4-5-7-13(14)11-15/h12-14H,4-11,15H2,1-3H3. The molecule has 2 N–H and O–H groups in total. The van der Waals surface area contributed by atoms with Crippen LogP contribution in [0.2, 0.25) is 0 Å². The van der Waals surface area contributed by atoms with E-state index in [9.17, 15) is 0 Å². The normalized spacial score (nSPS) is 27.4. The molecule has 1 fully saturated rings. The van der Waals surface area contributed by atoms with Gasteiger partial charge < -0.3 is 10.6 Å². The van der Waals surface area contributed by atoms with Crippen molar-refractivity contribution in [2.24, 2.45) is 17.6 Å². The van der Waals surface area contributed by atoms with Crippen molar-refractivity contribution in [3.63, 3.8) is 0 Å². The van der Waals surface area contributed by atoms with Crippen LogP contribution < -0.4 is 5.73 Å². The second-order valence-electron chi connectivity index (χ2n) is 5.86. The van der Waals surface area contributed by atoms with E-state index in [1.54, 1.807) is 0 Å². The fourth-order valence-corrected chi connectivity index (χ4v) is 2.85. The third-order valence-corrected chi connectivity index (χ3v) is 4.05. The first kappa shape index (κ1) is 14.0. The summed E-state index contributed by atoms with van der Waals surface area (Å²) in [6, 6.07) is 0.742. The molecule has 0 bridgehead atoms. The minimum Gasteiger partial charge on any atom is -0.330 e. The number of nitrogens with zero attached hydrogens (tertiary/aromatic N) is 1. The smallest absolute Gasteiger partial charge is 0.0132 e. The van der Waals surface area contributed by atoms with Crippen LogP contribution in [0.3, 0.4) is 0 Å². The van der Waals surface area contributed by atoms with Gasteiger partial charge in [-0.2, -0.15) is 0 Å². The maximum atomic E-state index is 5.93. The molecule has 96 valence electrons. The van der Waals surface area contributed by atoms with Crippen molar-refractivity contribution in [2.75, 3.05) is 20.1 Å². The van der Waals surface area contributed by atoms with Gasteiger partial charge in [0.2, 0.25) is 0 Å². The van der Waals surface area contributed by atoms with Gasteiger partial charge in [-0.25, -0.2) is 0 Å². The first-order valence-corrected chi connectivity index (χ1v) is 7.05. The van der Waals surface area contributed by atoms with Gasteiger partial charge in [0.1, 0.15) is 0 Å². The number of nitrogens with two attached hydrogens (primary N) is 1. The molecule has 0 aliphatic heterocycles. The number of hydrogen-bond acceptors (Lipinski definition) is 2. The van der Waals surface area contributed by atoms with E-state index in [0.29, 0.717) is 0 Å². The molecule has 1 rings (SSSR count). The van der Waals surface area contributed by atoms with Crippen molar-refractivity contribution >= 4 is 0 Å². The van der Waals surface area contributed by atoms with Crippen molar-refractivity contribution in [2.45, 2.75) is 58.4 Å². The molecule has 1 aliphatic rings. The average Bonchev–Trinajstić information content (AvgIpc) is 2.50. The molecule has 2 heteroatoms. The van der Waals surface area contributed by atoms with Gasteiger partial charge in [-0.3, -0.25) is 0 Å². The Balaban J connectivity index is 2.45. The van der Waals surface area contributed by atoms with Crippen molar-refractivity contribution in [1.29, 1.82) is 0 Å². The Hall–Kier alpha value is -0.0800. The maximum Gasteiger partial charge on any atom is 0.0132 e. The van der Waals surface area contributed by atoms with E-state index < -0.39 is 0 Å². The Morgan fingerprint density at radius 1 is 1.19 bits per heavy atom. The number of hydrogen-bond donors (Lipinski definition) is 1. The molecule has 0 aromatic carbocycles. The van der Waals surface area contributed by atoms with Crippen LogP contribution in [0.1, 0.15) is 52.4 Å². The lowest BCUT2D eigenvalue weighted by Gasteiger charge is -2.33. The van der Waals surface area contributed by atoms with Gasteiger partial charge >= 0.3 is 0 Å². The van der Waals surface area contributed by atoms with E-state index in [0.717, 1.165) is 24.4 Å². The van der Waals surface area contributed by atoms with Crippen molar-refractivity contribution < 1.29 is 0 Å². The predicted octanol–water partition coefficient (Wildman–Crippen LogP) is 2.87. The molecule has 0 aromatic heterocycles. The van der Waals surface area contributed by atoms with E-state index in [2.05, 4.69) is 25.8 Å². The van der Waals surface area contributed by atoms with Gasteiger partial charge in [0.05, 0.1) is 0 Å². The van der Waals surface area contributed by atoms with Crippen LogP contribution >= 0.6 is 0 Å². The molecule has 2 unspecified atom stereocenters. The minimum atomic E-state index is 0.736. The molecule has 0 saturated heterocycles. The van der Waals surface area contributed by atoms with Crippen molar-refractivity contribution in [1.82, 2.24) is 4.90 Å². The summed E-state index contributed by atoms with van der Waals surface area (Å²) in [5, 5.41) is 0. The van der Waals surface area contributed by atoms with Gasteiger partial charge in [0.25, 0.3) is 0 Å². The van der Waals surface area contributed by atoms with Crippen molar-refractivity contribution in [3.8, 4) is 0 Å². The summed E-state index contributed by atoms with van der Waals surface area (Å²) < 4.78 is 0. The molecule has 0 heterocycles. The minimum absolute atomic E-state index is 0.736. The van der Waals surface area contributed by atoms with Gasteiger partial charge in [-0.15, -0.1) is 0 Å². The Bertz CT molecular complexity index is 180. The van der Waals surface area contributed by atoms with Crippen LogP contribution in [0, 0.1) is 11.8 Å². The second kappa shape index (κ2) is 7.29. The largest absolute Gasteiger partial charge is 0.330 e.